The predicted molar refractivity (Wildman–Crippen MR) is 101 cm³/mol. The maximum absolute atomic E-state index is 13.8. The van der Waals surface area contributed by atoms with E-state index in [4.69, 9.17) is 9.47 Å². The summed E-state index contributed by atoms with van der Waals surface area (Å²) >= 11 is 0. The molecular weight excluding hydrogens is 406 g/mol. The molecule has 1 N–H and O–H groups in total. The topological polar surface area (TPSA) is 84.9 Å². The molecule has 1 aliphatic heterocycles. The van der Waals surface area contributed by atoms with Crippen molar-refractivity contribution in [2.24, 2.45) is 0 Å². The Kier molecular flexibility index (Phi) is 6.04. The minimum Gasteiger partial charge on any atom is -0.493 e. The smallest absolute Gasteiger partial charge is 0.243 e. The molecule has 0 bridgehead atoms. The number of ether oxygens (including phenoxy) is 2. The van der Waals surface area contributed by atoms with E-state index in [2.05, 4.69) is 5.32 Å². The first-order valence-electron chi connectivity index (χ1n) is 8.77. The average Bonchev–Trinajstić information content (AvgIpc) is 3.20. The first kappa shape index (κ1) is 21.0. The number of sulfonamides is 1. The van der Waals surface area contributed by atoms with E-state index >= 15 is 0 Å². The van der Waals surface area contributed by atoms with Crippen LogP contribution in [0.5, 0.6) is 11.5 Å². The Bertz CT molecular complexity index is 1030. The number of amides is 1. The van der Waals surface area contributed by atoms with E-state index < -0.39 is 33.6 Å². The SMILES string of the molecule is COc1ccc(S(=O)(=O)N2CCCC2C(=O)Nc2ccc(F)cc2F)cc1OC. The third-order valence-corrected chi connectivity index (χ3v) is 6.56. The van der Waals surface area contributed by atoms with Crippen molar-refractivity contribution in [2.45, 2.75) is 23.8 Å². The lowest BCUT2D eigenvalue weighted by Crippen LogP contribution is -2.43. The molecule has 1 saturated heterocycles. The highest BCUT2D eigenvalue weighted by Crippen LogP contribution is 2.33. The normalized spacial score (nSPS) is 17.2. The summed E-state index contributed by atoms with van der Waals surface area (Å²) in [5, 5.41) is 2.34. The Morgan fingerprint density at radius 2 is 1.83 bits per heavy atom. The zero-order valence-electron chi connectivity index (χ0n) is 15.8. The van der Waals surface area contributed by atoms with E-state index in [9.17, 15) is 22.0 Å². The summed E-state index contributed by atoms with van der Waals surface area (Å²) in [4.78, 5) is 12.6. The van der Waals surface area contributed by atoms with Gasteiger partial charge < -0.3 is 14.8 Å². The minimum atomic E-state index is -4.02. The average molecular weight is 426 g/mol. The highest BCUT2D eigenvalue weighted by Gasteiger charge is 2.40. The van der Waals surface area contributed by atoms with Crippen molar-refractivity contribution in [3.63, 3.8) is 0 Å². The summed E-state index contributed by atoms with van der Waals surface area (Å²) in [5.74, 6) is -1.79. The summed E-state index contributed by atoms with van der Waals surface area (Å²) in [5.41, 5.74) is -0.216. The second kappa shape index (κ2) is 8.34. The van der Waals surface area contributed by atoms with Crippen molar-refractivity contribution < 1.29 is 31.5 Å². The van der Waals surface area contributed by atoms with Gasteiger partial charge in [-0.3, -0.25) is 4.79 Å². The molecule has 0 spiro atoms. The van der Waals surface area contributed by atoms with Crippen LogP contribution in [0.1, 0.15) is 12.8 Å². The van der Waals surface area contributed by atoms with E-state index in [0.717, 1.165) is 16.4 Å². The van der Waals surface area contributed by atoms with Crippen LogP contribution in [-0.2, 0) is 14.8 Å². The van der Waals surface area contributed by atoms with Gasteiger partial charge in [0.2, 0.25) is 15.9 Å². The number of carbonyl (C=O) groups is 1. The lowest BCUT2D eigenvalue weighted by molar-refractivity contribution is -0.119. The van der Waals surface area contributed by atoms with Gasteiger partial charge in [-0.25, -0.2) is 17.2 Å². The number of nitrogens with zero attached hydrogens (tertiary/aromatic N) is 1. The Morgan fingerprint density at radius 1 is 1.10 bits per heavy atom. The van der Waals surface area contributed by atoms with Gasteiger partial charge in [-0.15, -0.1) is 0 Å². The van der Waals surface area contributed by atoms with Crippen molar-refractivity contribution in [3.8, 4) is 11.5 Å². The maximum Gasteiger partial charge on any atom is 0.243 e. The number of hydrogen-bond donors (Lipinski definition) is 1. The van der Waals surface area contributed by atoms with Gasteiger partial charge in [0.05, 0.1) is 24.8 Å². The Hall–Kier alpha value is -2.72. The summed E-state index contributed by atoms with van der Waals surface area (Å²) in [6, 6.07) is 5.87. The van der Waals surface area contributed by atoms with E-state index in [0.29, 0.717) is 18.2 Å². The van der Waals surface area contributed by atoms with Crippen molar-refractivity contribution >= 4 is 21.6 Å². The Labute approximate surface area is 167 Å². The Morgan fingerprint density at radius 3 is 2.48 bits per heavy atom. The fourth-order valence-electron chi connectivity index (χ4n) is 3.21. The molecule has 2 aromatic carbocycles. The summed E-state index contributed by atoms with van der Waals surface area (Å²) in [7, 11) is -1.20. The van der Waals surface area contributed by atoms with Gasteiger partial charge in [-0.1, -0.05) is 0 Å². The molecule has 1 heterocycles. The molecule has 1 fully saturated rings. The van der Waals surface area contributed by atoms with E-state index in [1.165, 1.54) is 32.4 Å². The molecule has 0 aromatic heterocycles. The molecule has 10 heteroatoms. The lowest BCUT2D eigenvalue weighted by atomic mass is 10.2. The van der Waals surface area contributed by atoms with Crippen LogP contribution >= 0.6 is 0 Å². The van der Waals surface area contributed by atoms with Gasteiger partial charge >= 0.3 is 0 Å². The lowest BCUT2D eigenvalue weighted by Gasteiger charge is -2.24. The van der Waals surface area contributed by atoms with Crippen molar-refractivity contribution in [2.75, 3.05) is 26.1 Å². The minimum absolute atomic E-state index is 0.0530. The fraction of sp³-hybridized carbons (Fsp3) is 0.316. The highest BCUT2D eigenvalue weighted by atomic mass is 32.2. The molecule has 0 aliphatic carbocycles. The standard InChI is InChI=1S/C19H20F2N2O5S/c1-27-17-8-6-13(11-18(17)28-2)29(25,26)23-9-3-4-16(23)19(24)22-15-7-5-12(20)10-14(15)21/h5-8,10-11,16H,3-4,9H2,1-2H3,(H,22,24). The van der Waals surface area contributed by atoms with Gasteiger partial charge in [-0.05, 0) is 37.1 Å². The molecule has 0 saturated carbocycles. The van der Waals surface area contributed by atoms with Crippen molar-refractivity contribution in [1.29, 1.82) is 0 Å². The number of nitrogens with one attached hydrogen (secondary N) is 1. The number of anilines is 1. The first-order valence-corrected chi connectivity index (χ1v) is 10.2. The van der Waals surface area contributed by atoms with E-state index in [1.807, 2.05) is 0 Å². The van der Waals surface area contributed by atoms with Crippen LogP contribution in [0.25, 0.3) is 0 Å². The van der Waals surface area contributed by atoms with Crippen LogP contribution < -0.4 is 14.8 Å². The second-order valence-corrected chi connectivity index (χ2v) is 8.29. The third kappa shape index (κ3) is 4.18. The quantitative estimate of drug-likeness (QED) is 0.768. The molecular formula is C19H20F2N2O5S. The van der Waals surface area contributed by atoms with E-state index in [1.54, 1.807) is 0 Å². The van der Waals surface area contributed by atoms with Gasteiger partial charge in [0, 0.05) is 18.7 Å². The molecule has 1 aliphatic rings. The molecule has 7 nitrogen and oxygen atoms in total. The number of carbonyl (C=O) groups excluding carboxylic acids is 1. The van der Waals surface area contributed by atoms with Gasteiger partial charge in [0.1, 0.15) is 17.7 Å². The number of rotatable bonds is 6. The molecule has 2 aromatic rings. The molecule has 0 radical (unpaired) electrons. The van der Waals surface area contributed by atoms with Crippen LogP contribution in [0.4, 0.5) is 14.5 Å². The Balaban J connectivity index is 1.86. The van der Waals surface area contributed by atoms with E-state index in [-0.39, 0.29) is 29.3 Å². The largest absolute Gasteiger partial charge is 0.493 e. The van der Waals surface area contributed by atoms with Gasteiger partial charge in [-0.2, -0.15) is 4.31 Å². The summed E-state index contributed by atoms with van der Waals surface area (Å²) in [6.45, 7) is 0.140. The number of hydrogen-bond acceptors (Lipinski definition) is 5. The molecule has 29 heavy (non-hydrogen) atoms. The highest BCUT2D eigenvalue weighted by molar-refractivity contribution is 7.89. The van der Waals surface area contributed by atoms with Gasteiger partial charge in [0.15, 0.2) is 11.5 Å². The third-order valence-electron chi connectivity index (χ3n) is 4.66. The molecule has 1 atom stereocenters. The molecule has 1 unspecified atom stereocenters. The van der Waals surface area contributed by atoms with Crippen LogP contribution in [0, 0.1) is 11.6 Å². The summed E-state index contributed by atoms with van der Waals surface area (Å²) in [6.07, 6.45) is 0.748. The van der Waals surface area contributed by atoms with Gasteiger partial charge in [0.25, 0.3) is 0 Å². The maximum atomic E-state index is 13.8. The van der Waals surface area contributed by atoms with Crippen LogP contribution in [0.15, 0.2) is 41.3 Å². The zero-order valence-corrected chi connectivity index (χ0v) is 16.6. The second-order valence-electron chi connectivity index (χ2n) is 6.40. The van der Waals surface area contributed by atoms with Crippen LogP contribution in [-0.4, -0.2) is 45.4 Å². The molecule has 156 valence electrons. The first-order chi connectivity index (χ1) is 13.8. The number of halogens is 2. The molecule has 3 rings (SSSR count). The number of methoxy groups -OCH3 is 2. The van der Waals surface area contributed by atoms with Crippen molar-refractivity contribution in [3.05, 3.63) is 48.0 Å². The predicted octanol–water partition coefficient (Wildman–Crippen LogP) is 2.77. The number of benzene rings is 2. The zero-order chi connectivity index (χ0) is 21.2. The van der Waals surface area contributed by atoms with Crippen LogP contribution in [0.2, 0.25) is 0 Å². The summed E-state index contributed by atoms with van der Waals surface area (Å²) < 4.78 is 64.4. The van der Waals surface area contributed by atoms with Crippen molar-refractivity contribution in [1.82, 2.24) is 4.31 Å². The molecule has 1 amide bonds. The van der Waals surface area contributed by atoms with Crippen LogP contribution in [0.3, 0.4) is 0 Å². The monoisotopic (exact) mass is 426 g/mol. The fourth-order valence-corrected chi connectivity index (χ4v) is 4.88.